The quantitative estimate of drug-likeness (QED) is 0.795. The topological polar surface area (TPSA) is 65.1 Å². The smallest absolute Gasteiger partial charge is 0.268 e. The lowest BCUT2D eigenvalue weighted by atomic mass is 9.92. The average Bonchev–Trinajstić information content (AvgIpc) is 2.90. The van der Waals surface area contributed by atoms with Crippen LogP contribution in [0.15, 0.2) is 18.2 Å². The molecule has 1 aliphatic rings. The van der Waals surface area contributed by atoms with Crippen molar-refractivity contribution in [2.45, 2.75) is 51.7 Å². The van der Waals surface area contributed by atoms with Gasteiger partial charge in [-0.25, -0.2) is 0 Å². The van der Waals surface area contributed by atoms with Crippen molar-refractivity contribution in [1.82, 2.24) is 10.3 Å². The second-order valence-corrected chi connectivity index (χ2v) is 6.08. The van der Waals surface area contributed by atoms with Crippen LogP contribution in [-0.2, 0) is 0 Å². The standard InChI is InChI=1S/C17H22N2O2/c1-10-7-8-13-12(11(10)2)9-15(18-13)17(21)19-14-5-3-4-6-16(14)20/h7-9,14,16,18,20H,3-6H2,1-2H3,(H,19,21). The Morgan fingerprint density at radius 3 is 2.81 bits per heavy atom. The molecule has 2 atom stereocenters. The van der Waals surface area contributed by atoms with Crippen LogP contribution >= 0.6 is 0 Å². The van der Waals surface area contributed by atoms with Gasteiger partial charge in [-0.05, 0) is 49.9 Å². The van der Waals surface area contributed by atoms with Crippen molar-refractivity contribution < 1.29 is 9.90 Å². The summed E-state index contributed by atoms with van der Waals surface area (Å²) in [5.41, 5.74) is 3.96. The molecule has 21 heavy (non-hydrogen) atoms. The molecule has 2 unspecified atom stereocenters. The van der Waals surface area contributed by atoms with E-state index in [9.17, 15) is 9.90 Å². The van der Waals surface area contributed by atoms with Gasteiger partial charge in [-0.1, -0.05) is 18.9 Å². The molecule has 1 aromatic heterocycles. The highest BCUT2D eigenvalue weighted by molar-refractivity contribution is 5.99. The second kappa shape index (κ2) is 5.53. The Morgan fingerprint density at radius 1 is 1.29 bits per heavy atom. The zero-order valence-corrected chi connectivity index (χ0v) is 12.6. The van der Waals surface area contributed by atoms with Crippen molar-refractivity contribution >= 4 is 16.8 Å². The van der Waals surface area contributed by atoms with Gasteiger partial charge in [-0.2, -0.15) is 0 Å². The van der Waals surface area contributed by atoms with Crippen LogP contribution in [0.25, 0.3) is 10.9 Å². The Hall–Kier alpha value is -1.81. The van der Waals surface area contributed by atoms with E-state index in [1.54, 1.807) is 0 Å². The number of aromatic nitrogens is 1. The van der Waals surface area contributed by atoms with Gasteiger partial charge in [0.05, 0.1) is 12.1 Å². The van der Waals surface area contributed by atoms with Gasteiger partial charge in [0.2, 0.25) is 0 Å². The van der Waals surface area contributed by atoms with E-state index in [-0.39, 0.29) is 11.9 Å². The lowest BCUT2D eigenvalue weighted by Gasteiger charge is -2.28. The number of aliphatic hydroxyl groups is 1. The van der Waals surface area contributed by atoms with Crippen LogP contribution in [-0.4, -0.2) is 28.1 Å². The first-order valence-corrected chi connectivity index (χ1v) is 7.64. The maximum Gasteiger partial charge on any atom is 0.268 e. The first-order valence-electron chi connectivity index (χ1n) is 7.64. The molecule has 3 N–H and O–H groups in total. The number of rotatable bonds is 2. The maximum atomic E-state index is 12.4. The molecule has 1 saturated carbocycles. The largest absolute Gasteiger partial charge is 0.391 e. The number of amides is 1. The number of aromatic amines is 1. The van der Waals surface area contributed by atoms with Crippen molar-refractivity contribution in [2.24, 2.45) is 0 Å². The molecule has 0 aliphatic heterocycles. The Kier molecular flexibility index (Phi) is 3.72. The first-order chi connectivity index (χ1) is 10.1. The van der Waals surface area contributed by atoms with Gasteiger partial charge < -0.3 is 15.4 Å². The highest BCUT2D eigenvalue weighted by atomic mass is 16.3. The lowest BCUT2D eigenvalue weighted by Crippen LogP contribution is -2.45. The van der Waals surface area contributed by atoms with Crippen LogP contribution in [0.4, 0.5) is 0 Å². The Labute approximate surface area is 124 Å². The number of carbonyl (C=O) groups is 1. The molecule has 1 aliphatic carbocycles. The van der Waals surface area contributed by atoms with Crippen molar-refractivity contribution in [3.05, 3.63) is 35.0 Å². The summed E-state index contributed by atoms with van der Waals surface area (Å²) in [5, 5.41) is 14.0. The molecule has 3 rings (SSSR count). The van der Waals surface area contributed by atoms with Crippen LogP contribution in [0.5, 0.6) is 0 Å². The average molecular weight is 286 g/mol. The van der Waals surface area contributed by atoms with Crippen LogP contribution in [0, 0.1) is 13.8 Å². The summed E-state index contributed by atoms with van der Waals surface area (Å²) in [6, 6.07) is 5.84. The number of benzene rings is 1. The van der Waals surface area contributed by atoms with Crippen molar-refractivity contribution in [3.8, 4) is 0 Å². The maximum absolute atomic E-state index is 12.4. The van der Waals surface area contributed by atoms with Crippen LogP contribution in [0.1, 0.15) is 47.3 Å². The number of H-pyrrole nitrogens is 1. The normalized spacial score (nSPS) is 22.4. The fourth-order valence-electron chi connectivity index (χ4n) is 3.11. The molecular weight excluding hydrogens is 264 g/mol. The van der Waals surface area contributed by atoms with Gasteiger partial charge in [-0.3, -0.25) is 4.79 Å². The highest BCUT2D eigenvalue weighted by Gasteiger charge is 2.25. The lowest BCUT2D eigenvalue weighted by molar-refractivity contribution is 0.0714. The summed E-state index contributed by atoms with van der Waals surface area (Å²) >= 11 is 0. The van der Waals surface area contributed by atoms with Gasteiger partial charge in [0.1, 0.15) is 5.69 Å². The first kappa shape index (κ1) is 14.1. The molecule has 1 aromatic carbocycles. The van der Waals surface area contributed by atoms with E-state index in [1.165, 1.54) is 11.1 Å². The summed E-state index contributed by atoms with van der Waals surface area (Å²) in [6.45, 7) is 4.14. The molecule has 1 heterocycles. The van der Waals surface area contributed by atoms with E-state index in [0.717, 1.165) is 36.6 Å². The molecule has 0 radical (unpaired) electrons. The van der Waals surface area contributed by atoms with Crippen LogP contribution < -0.4 is 5.32 Å². The minimum absolute atomic E-state index is 0.125. The van der Waals surface area contributed by atoms with E-state index in [2.05, 4.69) is 30.2 Å². The van der Waals surface area contributed by atoms with E-state index in [4.69, 9.17) is 0 Å². The third-order valence-corrected chi connectivity index (χ3v) is 4.63. The summed E-state index contributed by atoms with van der Waals surface area (Å²) in [5.74, 6) is -0.130. The minimum Gasteiger partial charge on any atom is -0.391 e. The molecular formula is C17H22N2O2. The Bertz CT molecular complexity index is 675. The Morgan fingerprint density at radius 2 is 2.05 bits per heavy atom. The number of hydrogen-bond donors (Lipinski definition) is 3. The Balaban J connectivity index is 1.83. The summed E-state index contributed by atoms with van der Waals surface area (Å²) < 4.78 is 0. The number of aliphatic hydroxyl groups excluding tert-OH is 1. The van der Waals surface area contributed by atoms with Crippen molar-refractivity contribution in [1.29, 1.82) is 0 Å². The minimum atomic E-state index is -0.420. The molecule has 1 fully saturated rings. The third kappa shape index (κ3) is 2.68. The van der Waals surface area contributed by atoms with Gasteiger partial charge >= 0.3 is 0 Å². The third-order valence-electron chi connectivity index (χ3n) is 4.63. The van der Waals surface area contributed by atoms with Gasteiger partial charge in [0.15, 0.2) is 0 Å². The molecule has 0 spiro atoms. The fourth-order valence-corrected chi connectivity index (χ4v) is 3.11. The zero-order chi connectivity index (χ0) is 15.0. The SMILES string of the molecule is Cc1ccc2[nH]c(C(=O)NC3CCCCC3O)cc2c1C. The summed E-state index contributed by atoms with van der Waals surface area (Å²) in [6.07, 6.45) is 3.31. The van der Waals surface area contributed by atoms with Gasteiger partial charge in [0.25, 0.3) is 5.91 Å². The number of aryl methyl sites for hydroxylation is 2. The van der Waals surface area contributed by atoms with E-state index in [1.807, 2.05) is 12.1 Å². The van der Waals surface area contributed by atoms with Gasteiger partial charge in [0, 0.05) is 10.9 Å². The monoisotopic (exact) mass is 286 g/mol. The molecule has 4 nitrogen and oxygen atoms in total. The predicted molar refractivity (Wildman–Crippen MR) is 83.5 cm³/mol. The zero-order valence-electron chi connectivity index (χ0n) is 12.6. The molecule has 1 amide bonds. The number of hydrogen-bond acceptors (Lipinski definition) is 2. The van der Waals surface area contributed by atoms with Crippen molar-refractivity contribution in [2.75, 3.05) is 0 Å². The molecule has 0 saturated heterocycles. The molecule has 2 aromatic rings. The van der Waals surface area contributed by atoms with Gasteiger partial charge in [-0.15, -0.1) is 0 Å². The number of carbonyl (C=O) groups excluding carboxylic acids is 1. The molecule has 0 bridgehead atoms. The summed E-state index contributed by atoms with van der Waals surface area (Å²) in [7, 11) is 0. The fraction of sp³-hybridized carbons (Fsp3) is 0.471. The number of nitrogens with one attached hydrogen (secondary N) is 2. The molecule has 112 valence electrons. The van der Waals surface area contributed by atoms with E-state index in [0.29, 0.717) is 5.69 Å². The highest BCUT2D eigenvalue weighted by Crippen LogP contribution is 2.23. The summed E-state index contributed by atoms with van der Waals surface area (Å²) in [4.78, 5) is 15.5. The van der Waals surface area contributed by atoms with Crippen molar-refractivity contribution in [3.63, 3.8) is 0 Å². The molecule has 4 heteroatoms. The second-order valence-electron chi connectivity index (χ2n) is 6.08. The van der Waals surface area contributed by atoms with E-state index >= 15 is 0 Å². The number of fused-ring (bicyclic) bond motifs is 1. The van der Waals surface area contributed by atoms with E-state index < -0.39 is 6.10 Å². The van der Waals surface area contributed by atoms with Crippen LogP contribution in [0.3, 0.4) is 0 Å². The predicted octanol–water partition coefficient (Wildman–Crippen LogP) is 2.82. The van der Waals surface area contributed by atoms with Crippen LogP contribution in [0.2, 0.25) is 0 Å².